The topological polar surface area (TPSA) is 117 Å². The second-order valence-corrected chi connectivity index (χ2v) is 6.01. The minimum absolute atomic E-state index is 0.0599. The van der Waals surface area contributed by atoms with Crippen molar-refractivity contribution in [3.63, 3.8) is 0 Å². The van der Waals surface area contributed by atoms with Crippen molar-refractivity contribution in [2.45, 2.75) is 12.1 Å². The molecule has 11 heteroatoms. The Balaban J connectivity index is 1.60. The standard InChI is InChI=1S/C15H17N5O5S/c1-2-23-14(22)8-16-13(21)9-26-15-17-18-19-20(15)10-3-4-11-12(7-10)25-6-5-24-11/h3-4,7H,2,5-6,8-9H2,1H3,(H,16,21). The lowest BCUT2D eigenvalue weighted by molar-refractivity contribution is -0.143. The molecule has 1 amide bonds. The maximum Gasteiger partial charge on any atom is 0.325 e. The number of carbonyl (C=O) groups is 2. The number of aromatic nitrogens is 4. The van der Waals surface area contributed by atoms with Crippen LogP contribution in [-0.2, 0) is 14.3 Å². The number of nitrogens with zero attached hydrogens (tertiary/aromatic N) is 4. The Morgan fingerprint density at radius 2 is 2.12 bits per heavy atom. The van der Waals surface area contributed by atoms with Gasteiger partial charge in [0.15, 0.2) is 11.5 Å². The summed E-state index contributed by atoms with van der Waals surface area (Å²) in [5.41, 5.74) is 0.689. The maximum absolute atomic E-state index is 11.8. The van der Waals surface area contributed by atoms with Gasteiger partial charge >= 0.3 is 5.97 Å². The van der Waals surface area contributed by atoms with Crippen LogP contribution in [0.3, 0.4) is 0 Å². The van der Waals surface area contributed by atoms with Crippen molar-refractivity contribution in [2.24, 2.45) is 0 Å². The van der Waals surface area contributed by atoms with Crippen LogP contribution >= 0.6 is 11.8 Å². The van der Waals surface area contributed by atoms with Crippen molar-refractivity contribution in [3.8, 4) is 17.2 Å². The first-order chi connectivity index (χ1) is 12.7. The van der Waals surface area contributed by atoms with Crippen molar-refractivity contribution in [2.75, 3.05) is 32.1 Å². The van der Waals surface area contributed by atoms with E-state index in [1.807, 2.05) is 0 Å². The van der Waals surface area contributed by atoms with Gasteiger partial charge < -0.3 is 19.5 Å². The number of tetrazole rings is 1. The zero-order chi connectivity index (χ0) is 18.4. The van der Waals surface area contributed by atoms with Crippen LogP contribution in [0.2, 0.25) is 0 Å². The largest absolute Gasteiger partial charge is 0.486 e. The number of thioether (sulfide) groups is 1. The zero-order valence-electron chi connectivity index (χ0n) is 14.0. The second-order valence-electron chi connectivity index (χ2n) is 5.07. The zero-order valence-corrected chi connectivity index (χ0v) is 14.8. The van der Waals surface area contributed by atoms with Gasteiger partial charge in [-0.2, -0.15) is 4.68 Å². The van der Waals surface area contributed by atoms with E-state index in [4.69, 9.17) is 14.2 Å². The number of amides is 1. The number of ether oxygens (including phenoxy) is 3. The Kier molecular flexibility index (Phi) is 5.89. The Morgan fingerprint density at radius 3 is 2.92 bits per heavy atom. The lowest BCUT2D eigenvalue weighted by atomic mass is 10.2. The van der Waals surface area contributed by atoms with Crippen LogP contribution in [0.4, 0.5) is 0 Å². The molecular formula is C15H17N5O5S. The highest BCUT2D eigenvalue weighted by Crippen LogP contribution is 2.32. The number of hydrogen-bond acceptors (Lipinski definition) is 9. The van der Waals surface area contributed by atoms with E-state index in [0.717, 1.165) is 11.8 Å². The first kappa shape index (κ1) is 18.0. The summed E-state index contributed by atoms with van der Waals surface area (Å²) < 4.78 is 17.3. The van der Waals surface area contributed by atoms with Gasteiger partial charge in [-0.25, -0.2) is 0 Å². The van der Waals surface area contributed by atoms with E-state index >= 15 is 0 Å². The van der Waals surface area contributed by atoms with Crippen LogP contribution < -0.4 is 14.8 Å². The van der Waals surface area contributed by atoms with Gasteiger partial charge in [-0.05, 0) is 29.5 Å². The van der Waals surface area contributed by atoms with E-state index < -0.39 is 5.97 Å². The molecule has 2 aromatic rings. The lowest BCUT2D eigenvalue weighted by Crippen LogP contribution is -2.31. The molecule has 0 atom stereocenters. The Labute approximate surface area is 153 Å². The smallest absolute Gasteiger partial charge is 0.325 e. The molecule has 0 spiro atoms. The first-order valence-corrected chi connectivity index (χ1v) is 8.89. The molecule has 26 heavy (non-hydrogen) atoms. The summed E-state index contributed by atoms with van der Waals surface area (Å²) in [7, 11) is 0. The summed E-state index contributed by atoms with van der Waals surface area (Å²) in [6, 6.07) is 5.36. The quantitative estimate of drug-likeness (QED) is 0.532. The minimum Gasteiger partial charge on any atom is -0.486 e. The number of nitrogens with one attached hydrogen (secondary N) is 1. The van der Waals surface area contributed by atoms with Crippen molar-refractivity contribution in [3.05, 3.63) is 18.2 Å². The molecule has 1 aliphatic heterocycles. The van der Waals surface area contributed by atoms with E-state index in [-0.39, 0.29) is 24.8 Å². The van der Waals surface area contributed by atoms with Gasteiger partial charge in [-0.15, -0.1) is 5.10 Å². The number of carbonyl (C=O) groups excluding carboxylic acids is 2. The molecule has 0 saturated heterocycles. The van der Waals surface area contributed by atoms with Crippen molar-refractivity contribution in [1.29, 1.82) is 0 Å². The summed E-state index contributed by atoms with van der Waals surface area (Å²) in [6.07, 6.45) is 0. The fraction of sp³-hybridized carbons (Fsp3) is 0.400. The predicted molar refractivity (Wildman–Crippen MR) is 90.5 cm³/mol. The normalized spacial score (nSPS) is 12.5. The number of esters is 1. The molecule has 0 bridgehead atoms. The van der Waals surface area contributed by atoms with Crippen LogP contribution in [0.1, 0.15) is 6.92 Å². The van der Waals surface area contributed by atoms with E-state index in [1.165, 1.54) is 4.68 Å². The van der Waals surface area contributed by atoms with Crippen LogP contribution in [0, 0.1) is 0 Å². The third-order valence-electron chi connectivity index (χ3n) is 3.28. The van der Waals surface area contributed by atoms with Gasteiger partial charge in [0.25, 0.3) is 0 Å². The van der Waals surface area contributed by atoms with Gasteiger partial charge in [0.1, 0.15) is 19.8 Å². The number of benzene rings is 1. The van der Waals surface area contributed by atoms with Gasteiger partial charge in [0.2, 0.25) is 11.1 Å². The molecule has 1 aliphatic rings. The number of fused-ring (bicyclic) bond motifs is 1. The minimum atomic E-state index is -0.480. The third-order valence-corrected chi connectivity index (χ3v) is 4.20. The van der Waals surface area contributed by atoms with E-state index in [2.05, 4.69) is 20.8 Å². The highest BCUT2D eigenvalue weighted by Gasteiger charge is 2.16. The van der Waals surface area contributed by atoms with Crippen LogP contribution in [0.5, 0.6) is 11.5 Å². The average Bonchev–Trinajstić information content (AvgIpc) is 3.13. The van der Waals surface area contributed by atoms with E-state index in [1.54, 1.807) is 25.1 Å². The predicted octanol–water partition coefficient (Wildman–Crippen LogP) is 0.205. The van der Waals surface area contributed by atoms with E-state index in [0.29, 0.717) is 35.6 Å². The van der Waals surface area contributed by atoms with Gasteiger partial charge in [0, 0.05) is 6.07 Å². The monoisotopic (exact) mass is 379 g/mol. The van der Waals surface area contributed by atoms with Gasteiger partial charge in [-0.1, -0.05) is 11.8 Å². The second kappa shape index (κ2) is 8.52. The Morgan fingerprint density at radius 1 is 1.31 bits per heavy atom. The fourth-order valence-electron chi connectivity index (χ4n) is 2.16. The molecule has 0 fully saturated rings. The lowest BCUT2D eigenvalue weighted by Gasteiger charge is -2.18. The van der Waals surface area contributed by atoms with Crippen molar-refractivity contribution < 1.29 is 23.8 Å². The fourth-order valence-corrected chi connectivity index (χ4v) is 2.88. The molecule has 1 aromatic carbocycles. The highest BCUT2D eigenvalue weighted by molar-refractivity contribution is 7.99. The molecular weight excluding hydrogens is 362 g/mol. The molecule has 10 nitrogen and oxygen atoms in total. The molecule has 0 radical (unpaired) electrons. The van der Waals surface area contributed by atoms with Gasteiger partial charge in [0.05, 0.1) is 18.0 Å². The van der Waals surface area contributed by atoms with Crippen LogP contribution in [-0.4, -0.2) is 64.2 Å². The molecule has 0 unspecified atom stereocenters. The van der Waals surface area contributed by atoms with Crippen LogP contribution in [0.25, 0.3) is 5.69 Å². The summed E-state index contributed by atoms with van der Waals surface area (Å²) in [4.78, 5) is 23.1. The summed E-state index contributed by atoms with van der Waals surface area (Å²) >= 11 is 1.15. The molecule has 0 aliphatic carbocycles. The highest BCUT2D eigenvalue weighted by atomic mass is 32.2. The molecule has 2 heterocycles. The molecule has 0 saturated carbocycles. The summed E-state index contributed by atoms with van der Waals surface area (Å²) in [6.45, 7) is 2.80. The number of rotatable bonds is 7. The molecule has 3 rings (SSSR count). The molecule has 1 N–H and O–H groups in total. The average molecular weight is 379 g/mol. The Hall–Kier alpha value is -2.82. The molecule has 138 valence electrons. The first-order valence-electron chi connectivity index (χ1n) is 7.91. The van der Waals surface area contributed by atoms with E-state index in [9.17, 15) is 9.59 Å². The summed E-state index contributed by atoms with van der Waals surface area (Å²) in [5, 5.41) is 14.4. The Bertz CT molecular complexity index is 796. The van der Waals surface area contributed by atoms with Crippen LogP contribution in [0.15, 0.2) is 23.4 Å². The third kappa shape index (κ3) is 4.42. The number of hydrogen-bond donors (Lipinski definition) is 1. The molecule has 1 aromatic heterocycles. The van der Waals surface area contributed by atoms with Crippen molar-refractivity contribution in [1.82, 2.24) is 25.5 Å². The maximum atomic E-state index is 11.8. The van der Waals surface area contributed by atoms with Crippen molar-refractivity contribution >= 4 is 23.6 Å². The SMILES string of the molecule is CCOC(=O)CNC(=O)CSc1nnnn1-c1ccc2c(c1)OCCO2. The van der Waals surface area contributed by atoms with Gasteiger partial charge in [-0.3, -0.25) is 9.59 Å². The summed E-state index contributed by atoms with van der Waals surface area (Å²) in [5.74, 6) is 0.546.